The number of para-hydroxylation sites is 1. The number of benzene rings is 1. The first-order valence-electron chi connectivity index (χ1n) is 6.45. The molecular formula is C15H14N2S. The van der Waals surface area contributed by atoms with Gasteiger partial charge in [0.15, 0.2) is 0 Å². The second-order valence-corrected chi connectivity index (χ2v) is 6.10. The standard InChI is InChI=1S/C15H14N2S/c1-2-6-11-10(5-1)9-13-15(17-11)18-14-8-4-3-7-12(14)16-13/h1-4,7-8,10,15H,5-6,9H2. The molecule has 3 heteroatoms. The number of thioether (sulfide) groups is 1. The molecule has 0 bridgehead atoms. The zero-order valence-electron chi connectivity index (χ0n) is 10.0. The van der Waals surface area contributed by atoms with Crippen molar-refractivity contribution in [1.29, 1.82) is 0 Å². The van der Waals surface area contributed by atoms with Crippen molar-refractivity contribution >= 4 is 28.9 Å². The summed E-state index contributed by atoms with van der Waals surface area (Å²) < 4.78 is 0. The minimum atomic E-state index is 0.234. The topological polar surface area (TPSA) is 24.7 Å². The van der Waals surface area contributed by atoms with E-state index < -0.39 is 0 Å². The van der Waals surface area contributed by atoms with Crippen LogP contribution in [0.15, 0.2) is 51.3 Å². The van der Waals surface area contributed by atoms with Crippen molar-refractivity contribution in [3.8, 4) is 0 Å². The molecule has 2 nitrogen and oxygen atoms in total. The van der Waals surface area contributed by atoms with Crippen molar-refractivity contribution in [2.24, 2.45) is 15.9 Å². The highest BCUT2D eigenvalue weighted by molar-refractivity contribution is 8.00. The summed E-state index contributed by atoms with van der Waals surface area (Å²) in [5.74, 6) is 0.607. The van der Waals surface area contributed by atoms with Crippen LogP contribution in [0.4, 0.5) is 5.69 Å². The average molecular weight is 254 g/mol. The van der Waals surface area contributed by atoms with E-state index in [9.17, 15) is 0 Å². The third kappa shape index (κ3) is 1.65. The maximum absolute atomic E-state index is 4.92. The lowest BCUT2D eigenvalue weighted by atomic mass is 9.85. The average Bonchev–Trinajstić information content (AvgIpc) is 2.42. The lowest BCUT2D eigenvalue weighted by Gasteiger charge is -2.32. The van der Waals surface area contributed by atoms with Crippen molar-refractivity contribution in [3.63, 3.8) is 0 Å². The zero-order chi connectivity index (χ0) is 11.9. The van der Waals surface area contributed by atoms with E-state index in [0.29, 0.717) is 5.92 Å². The lowest BCUT2D eigenvalue weighted by Crippen LogP contribution is -2.32. The summed E-state index contributed by atoms with van der Waals surface area (Å²) in [7, 11) is 0. The minimum absolute atomic E-state index is 0.234. The summed E-state index contributed by atoms with van der Waals surface area (Å²) in [4.78, 5) is 11.0. The lowest BCUT2D eigenvalue weighted by molar-refractivity contribution is 0.685. The number of hydrogen-bond acceptors (Lipinski definition) is 3. The second kappa shape index (κ2) is 4.09. The van der Waals surface area contributed by atoms with Crippen LogP contribution < -0.4 is 0 Å². The molecule has 1 aliphatic carbocycles. The highest BCUT2D eigenvalue weighted by Gasteiger charge is 2.32. The molecule has 0 saturated heterocycles. The first-order valence-corrected chi connectivity index (χ1v) is 7.33. The second-order valence-electron chi connectivity index (χ2n) is 4.97. The molecule has 0 spiro atoms. The molecule has 18 heavy (non-hydrogen) atoms. The van der Waals surface area contributed by atoms with E-state index in [2.05, 4.69) is 36.4 Å². The van der Waals surface area contributed by atoms with Crippen LogP contribution in [0, 0.1) is 5.92 Å². The van der Waals surface area contributed by atoms with E-state index >= 15 is 0 Å². The van der Waals surface area contributed by atoms with Gasteiger partial charge in [-0.2, -0.15) is 0 Å². The van der Waals surface area contributed by atoms with Crippen LogP contribution in [0.1, 0.15) is 19.3 Å². The van der Waals surface area contributed by atoms with E-state index in [0.717, 1.165) is 24.9 Å². The van der Waals surface area contributed by atoms with Crippen LogP contribution in [-0.2, 0) is 0 Å². The van der Waals surface area contributed by atoms with Gasteiger partial charge in [-0.3, -0.25) is 9.98 Å². The molecule has 0 N–H and O–H groups in total. The highest BCUT2D eigenvalue weighted by atomic mass is 32.2. The third-order valence-corrected chi connectivity index (χ3v) is 4.98. The first kappa shape index (κ1) is 10.6. The summed E-state index contributed by atoms with van der Waals surface area (Å²) in [5.41, 5.74) is 3.77. The van der Waals surface area contributed by atoms with Crippen LogP contribution in [0.5, 0.6) is 0 Å². The fraction of sp³-hybridized carbons (Fsp3) is 0.333. The third-order valence-electron chi connectivity index (χ3n) is 3.78. The quantitative estimate of drug-likeness (QED) is 0.642. The van der Waals surface area contributed by atoms with Gasteiger partial charge < -0.3 is 0 Å². The Hall–Kier alpha value is -1.35. The van der Waals surface area contributed by atoms with Gasteiger partial charge in [0.05, 0.1) is 11.4 Å². The van der Waals surface area contributed by atoms with Gasteiger partial charge in [0, 0.05) is 22.9 Å². The predicted molar refractivity (Wildman–Crippen MR) is 77.1 cm³/mol. The van der Waals surface area contributed by atoms with E-state index in [1.165, 1.54) is 16.3 Å². The molecule has 0 fully saturated rings. The zero-order valence-corrected chi connectivity index (χ0v) is 10.9. The van der Waals surface area contributed by atoms with E-state index in [-0.39, 0.29) is 5.37 Å². The molecule has 1 aromatic carbocycles. The molecule has 2 atom stereocenters. The van der Waals surface area contributed by atoms with Gasteiger partial charge in [0.2, 0.25) is 0 Å². The van der Waals surface area contributed by atoms with Gasteiger partial charge in [-0.1, -0.05) is 36.0 Å². The Morgan fingerprint density at radius 3 is 3.06 bits per heavy atom. The Labute approximate surface area is 111 Å². The summed E-state index contributed by atoms with van der Waals surface area (Å²) in [5, 5.41) is 0.234. The Morgan fingerprint density at radius 2 is 2.06 bits per heavy atom. The fourth-order valence-corrected chi connectivity index (χ4v) is 3.93. The molecule has 3 aliphatic rings. The molecule has 2 heterocycles. The number of nitrogens with zero attached hydrogens (tertiary/aromatic N) is 2. The molecule has 2 aliphatic heterocycles. The van der Waals surface area contributed by atoms with Crippen molar-refractivity contribution < 1.29 is 0 Å². The van der Waals surface area contributed by atoms with Gasteiger partial charge in [-0.05, 0) is 25.0 Å². The van der Waals surface area contributed by atoms with Crippen molar-refractivity contribution in [2.75, 3.05) is 0 Å². The van der Waals surface area contributed by atoms with E-state index in [4.69, 9.17) is 9.98 Å². The van der Waals surface area contributed by atoms with Gasteiger partial charge in [0.1, 0.15) is 5.37 Å². The van der Waals surface area contributed by atoms with Gasteiger partial charge in [-0.15, -0.1) is 0 Å². The molecule has 0 radical (unpaired) electrons. The molecule has 1 aromatic rings. The molecule has 0 saturated carbocycles. The Kier molecular flexibility index (Phi) is 2.40. The molecule has 90 valence electrons. The molecule has 2 unspecified atom stereocenters. The van der Waals surface area contributed by atoms with Crippen molar-refractivity contribution in [2.45, 2.75) is 29.5 Å². The van der Waals surface area contributed by atoms with Crippen LogP contribution in [0.2, 0.25) is 0 Å². The maximum Gasteiger partial charge on any atom is 0.138 e. The molecule has 0 aromatic heterocycles. The van der Waals surface area contributed by atoms with Gasteiger partial charge in [-0.25, -0.2) is 0 Å². The van der Waals surface area contributed by atoms with Crippen LogP contribution in [0.25, 0.3) is 0 Å². The Morgan fingerprint density at radius 1 is 1.11 bits per heavy atom. The number of hydrogen-bond donors (Lipinski definition) is 0. The molecule has 0 amide bonds. The first-order chi connectivity index (χ1) is 8.90. The van der Waals surface area contributed by atoms with Crippen molar-refractivity contribution in [1.82, 2.24) is 0 Å². The SMILES string of the molecule is C1=CCC2CC3=Nc4ccccc4SC3N=C2C1. The van der Waals surface area contributed by atoms with E-state index in [1.54, 1.807) is 0 Å². The number of allylic oxidation sites excluding steroid dienone is 2. The summed E-state index contributed by atoms with van der Waals surface area (Å²) >= 11 is 1.85. The van der Waals surface area contributed by atoms with Gasteiger partial charge >= 0.3 is 0 Å². The predicted octanol–water partition coefficient (Wildman–Crippen LogP) is 4.00. The fourth-order valence-electron chi connectivity index (χ4n) is 2.82. The van der Waals surface area contributed by atoms with Crippen LogP contribution in [-0.4, -0.2) is 16.8 Å². The van der Waals surface area contributed by atoms with E-state index in [1.807, 2.05) is 11.8 Å². The van der Waals surface area contributed by atoms with Crippen LogP contribution >= 0.6 is 11.8 Å². The largest absolute Gasteiger partial charge is 0.273 e. The normalized spacial score (nSPS) is 28.7. The summed E-state index contributed by atoms with van der Waals surface area (Å²) in [6.07, 6.45) is 7.80. The smallest absolute Gasteiger partial charge is 0.138 e. The van der Waals surface area contributed by atoms with Crippen LogP contribution in [0.3, 0.4) is 0 Å². The van der Waals surface area contributed by atoms with Crippen molar-refractivity contribution in [3.05, 3.63) is 36.4 Å². The monoisotopic (exact) mass is 254 g/mol. The molecular weight excluding hydrogens is 240 g/mol. The Bertz CT molecular complexity index is 586. The number of aliphatic imine (C=N–C) groups is 2. The number of rotatable bonds is 0. The Balaban J connectivity index is 1.75. The number of fused-ring (bicyclic) bond motifs is 3. The molecule has 4 rings (SSSR count). The minimum Gasteiger partial charge on any atom is -0.273 e. The highest BCUT2D eigenvalue weighted by Crippen LogP contribution is 2.42. The maximum atomic E-state index is 4.92. The summed E-state index contributed by atoms with van der Waals surface area (Å²) in [6, 6.07) is 8.39. The van der Waals surface area contributed by atoms with Gasteiger partial charge in [0.25, 0.3) is 0 Å². The summed E-state index contributed by atoms with van der Waals surface area (Å²) in [6.45, 7) is 0.